The lowest BCUT2D eigenvalue weighted by Crippen LogP contribution is -1.70. The summed E-state index contributed by atoms with van der Waals surface area (Å²) in [6.45, 7) is 4.19. The molecular weight excluding hydrogens is 192 g/mol. The fourth-order valence-corrected chi connectivity index (χ4v) is 1.17. The standard InChI is InChI=1S/C8H10.C8H6/c1-7-3-5-8(2)6-4-7;1-2-8-6-4-3-5-7-8/h3-6H,1-2H3;1,3-7H. The molecule has 0 unspecified atom stereocenters. The smallest absolute Gasteiger partial charge is 0.0242 e. The first-order valence-electron chi connectivity index (χ1n) is 5.27. The van der Waals surface area contributed by atoms with Crippen LogP contribution in [-0.4, -0.2) is 0 Å². The van der Waals surface area contributed by atoms with Crippen molar-refractivity contribution in [2.75, 3.05) is 0 Å². The highest BCUT2D eigenvalue weighted by atomic mass is 13.9. The summed E-state index contributed by atoms with van der Waals surface area (Å²) >= 11 is 0. The summed E-state index contributed by atoms with van der Waals surface area (Å²) in [5.74, 6) is 2.53. The Hall–Kier alpha value is -2.00. The van der Waals surface area contributed by atoms with Crippen molar-refractivity contribution in [2.45, 2.75) is 13.8 Å². The lowest BCUT2D eigenvalue weighted by molar-refractivity contribution is 1.40. The van der Waals surface area contributed by atoms with Gasteiger partial charge in [-0.25, -0.2) is 0 Å². The van der Waals surface area contributed by atoms with Crippen molar-refractivity contribution in [2.24, 2.45) is 0 Å². The molecule has 2 rings (SSSR count). The second-order valence-electron chi connectivity index (χ2n) is 3.67. The predicted octanol–water partition coefficient (Wildman–Crippen LogP) is 3.97. The number of hydrogen-bond acceptors (Lipinski definition) is 0. The lowest BCUT2D eigenvalue weighted by Gasteiger charge is -1.90. The summed E-state index contributed by atoms with van der Waals surface area (Å²) in [7, 11) is 0. The summed E-state index contributed by atoms with van der Waals surface area (Å²) in [5, 5.41) is 0. The van der Waals surface area contributed by atoms with Crippen molar-refractivity contribution in [1.82, 2.24) is 0 Å². The van der Waals surface area contributed by atoms with E-state index in [1.807, 2.05) is 30.3 Å². The second-order valence-corrected chi connectivity index (χ2v) is 3.67. The van der Waals surface area contributed by atoms with Gasteiger partial charge in [-0.05, 0) is 26.0 Å². The van der Waals surface area contributed by atoms with Crippen LogP contribution in [0.4, 0.5) is 0 Å². The first kappa shape index (κ1) is 12.1. The Bertz CT molecular complexity index is 423. The van der Waals surface area contributed by atoms with Gasteiger partial charge in [0.2, 0.25) is 0 Å². The van der Waals surface area contributed by atoms with Gasteiger partial charge >= 0.3 is 0 Å². The molecule has 0 saturated heterocycles. The number of benzene rings is 2. The fourth-order valence-electron chi connectivity index (χ4n) is 1.17. The molecule has 0 heteroatoms. The summed E-state index contributed by atoms with van der Waals surface area (Å²) in [6.07, 6.45) is 5.10. The number of rotatable bonds is 0. The molecule has 80 valence electrons. The van der Waals surface area contributed by atoms with E-state index in [-0.39, 0.29) is 0 Å². The topological polar surface area (TPSA) is 0 Å². The molecule has 0 aromatic heterocycles. The molecule has 0 aliphatic rings. The van der Waals surface area contributed by atoms with E-state index in [2.05, 4.69) is 44.0 Å². The highest BCUT2D eigenvalue weighted by Crippen LogP contribution is 1.99. The molecule has 0 nitrogen and oxygen atoms in total. The van der Waals surface area contributed by atoms with E-state index in [1.54, 1.807) is 0 Å². The SMILES string of the molecule is C#Cc1ccccc1.Cc1ccc(C)cc1. The van der Waals surface area contributed by atoms with Crippen LogP contribution < -0.4 is 0 Å². The van der Waals surface area contributed by atoms with E-state index in [9.17, 15) is 0 Å². The van der Waals surface area contributed by atoms with Crippen LogP contribution >= 0.6 is 0 Å². The van der Waals surface area contributed by atoms with Gasteiger partial charge in [0.15, 0.2) is 0 Å². The van der Waals surface area contributed by atoms with E-state index >= 15 is 0 Å². The minimum absolute atomic E-state index is 0.938. The van der Waals surface area contributed by atoms with Crippen molar-refractivity contribution < 1.29 is 0 Å². The summed E-state index contributed by atoms with van der Waals surface area (Å²) in [6, 6.07) is 18.1. The molecule has 0 amide bonds. The van der Waals surface area contributed by atoms with E-state index in [0.717, 1.165) is 5.56 Å². The molecular formula is C16H16. The van der Waals surface area contributed by atoms with Crippen LogP contribution in [0.2, 0.25) is 0 Å². The molecule has 0 radical (unpaired) electrons. The zero-order valence-electron chi connectivity index (χ0n) is 9.77. The zero-order valence-corrected chi connectivity index (χ0v) is 9.77. The Kier molecular flexibility index (Phi) is 4.89. The van der Waals surface area contributed by atoms with Crippen LogP contribution in [0.25, 0.3) is 0 Å². The van der Waals surface area contributed by atoms with E-state index in [4.69, 9.17) is 6.42 Å². The van der Waals surface area contributed by atoms with Crippen molar-refractivity contribution in [1.29, 1.82) is 0 Å². The van der Waals surface area contributed by atoms with Gasteiger partial charge < -0.3 is 0 Å². The molecule has 0 spiro atoms. The summed E-state index contributed by atoms with van der Waals surface area (Å²) in [4.78, 5) is 0. The maximum atomic E-state index is 5.10. The van der Waals surface area contributed by atoms with Crippen molar-refractivity contribution >= 4 is 0 Å². The van der Waals surface area contributed by atoms with Crippen LogP contribution in [-0.2, 0) is 0 Å². The summed E-state index contributed by atoms with van der Waals surface area (Å²) in [5.41, 5.74) is 3.60. The average molecular weight is 208 g/mol. The number of aryl methyl sites for hydroxylation is 2. The van der Waals surface area contributed by atoms with Crippen LogP contribution in [0.15, 0.2) is 54.6 Å². The van der Waals surface area contributed by atoms with Crippen molar-refractivity contribution in [3.05, 3.63) is 71.3 Å². The Morgan fingerprint density at radius 2 is 1.19 bits per heavy atom. The number of terminal acetylenes is 1. The Morgan fingerprint density at radius 3 is 1.50 bits per heavy atom. The Balaban J connectivity index is 0.000000160. The van der Waals surface area contributed by atoms with E-state index in [0.29, 0.717) is 0 Å². The highest BCUT2D eigenvalue weighted by Gasteiger charge is 1.79. The first-order valence-corrected chi connectivity index (χ1v) is 5.27. The predicted molar refractivity (Wildman–Crippen MR) is 70.3 cm³/mol. The Morgan fingerprint density at radius 1 is 0.750 bits per heavy atom. The maximum Gasteiger partial charge on any atom is 0.0242 e. The Labute approximate surface area is 98.0 Å². The van der Waals surface area contributed by atoms with Crippen LogP contribution in [0.5, 0.6) is 0 Å². The molecule has 0 N–H and O–H groups in total. The van der Waals surface area contributed by atoms with Gasteiger partial charge in [0.1, 0.15) is 0 Å². The third-order valence-electron chi connectivity index (χ3n) is 2.16. The molecule has 0 atom stereocenters. The monoisotopic (exact) mass is 208 g/mol. The normalized spacial score (nSPS) is 8.56. The molecule has 0 bridgehead atoms. The van der Waals surface area contributed by atoms with Gasteiger partial charge in [-0.1, -0.05) is 59.5 Å². The van der Waals surface area contributed by atoms with Gasteiger partial charge in [-0.2, -0.15) is 0 Å². The first-order chi connectivity index (χ1) is 7.72. The zero-order chi connectivity index (χ0) is 11.8. The van der Waals surface area contributed by atoms with Gasteiger partial charge in [-0.15, -0.1) is 6.42 Å². The second kappa shape index (κ2) is 6.48. The highest BCUT2D eigenvalue weighted by molar-refractivity contribution is 5.30. The molecule has 0 aliphatic carbocycles. The molecule has 16 heavy (non-hydrogen) atoms. The van der Waals surface area contributed by atoms with Gasteiger partial charge in [-0.3, -0.25) is 0 Å². The van der Waals surface area contributed by atoms with Gasteiger partial charge in [0.05, 0.1) is 0 Å². The fraction of sp³-hybridized carbons (Fsp3) is 0.125. The molecule has 0 saturated carbocycles. The van der Waals surface area contributed by atoms with Gasteiger partial charge in [0, 0.05) is 5.56 Å². The summed E-state index contributed by atoms with van der Waals surface area (Å²) < 4.78 is 0. The van der Waals surface area contributed by atoms with Crippen molar-refractivity contribution in [3.8, 4) is 12.3 Å². The van der Waals surface area contributed by atoms with E-state index in [1.165, 1.54) is 11.1 Å². The molecule has 0 fully saturated rings. The molecule has 2 aromatic carbocycles. The number of hydrogen-bond donors (Lipinski definition) is 0. The van der Waals surface area contributed by atoms with Crippen LogP contribution in [0, 0.1) is 26.2 Å². The lowest BCUT2D eigenvalue weighted by atomic mass is 10.2. The third-order valence-corrected chi connectivity index (χ3v) is 2.16. The minimum Gasteiger partial charge on any atom is -0.115 e. The van der Waals surface area contributed by atoms with Crippen molar-refractivity contribution in [3.63, 3.8) is 0 Å². The average Bonchev–Trinajstić information content (AvgIpc) is 2.35. The van der Waals surface area contributed by atoms with E-state index < -0.39 is 0 Å². The molecule has 2 aromatic rings. The van der Waals surface area contributed by atoms with Crippen LogP contribution in [0.3, 0.4) is 0 Å². The maximum absolute atomic E-state index is 5.10. The third kappa shape index (κ3) is 4.48. The quantitative estimate of drug-likeness (QED) is 0.575. The van der Waals surface area contributed by atoms with Gasteiger partial charge in [0.25, 0.3) is 0 Å². The largest absolute Gasteiger partial charge is 0.115 e. The molecule has 0 heterocycles. The minimum atomic E-state index is 0.938. The molecule has 0 aliphatic heterocycles. The van der Waals surface area contributed by atoms with Crippen LogP contribution in [0.1, 0.15) is 16.7 Å².